The Labute approximate surface area is 198 Å². The van der Waals surface area contributed by atoms with E-state index in [2.05, 4.69) is 48.5 Å². The minimum atomic E-state index is 0.0324. The molecular formula is C28H25NOS2. The van der Waals surface area contributed by atoms with Gasteiger partial charge in [-0.1, -0.05) is 72.8 Å². The van der Waals surface area contributed by atoms with E-state index in [-0.39, 0.29) is 10.5 Å². The third-order valence-corrected chi connectivity index (χ3v) is 7.61. The number of para-hydroxylation sites is 1. The minimum absolute atomic E-state index is 0.0324. The molecule has 4 heteroatoms. The van der Waals surface area contributed by atoms with E-state index in [1.165, 1.54) is 9.79 Å². The highest BCUT2D eigenvalue weighted by molar-refractivity contribution is 8.17. The second-order valence-electron chi connectivity index (χ2n) is 7.24. The SMILES string of the molecule is O=C(c1ccccc1)N(CCC(Sc1ccccc1)Sc1ccccc1)c1ccccc1. The van der Waals surface area contributed by atoms with Gasteiger partial charge in [0, 0.05) is 27.6 Å². The van der Waals surface area contributed by atoms with E-state index in [1.807, 2.05) is 101 Å². The molecule has 32 heavy (non-hydrogen) atoms. The number of benzene rings is 4. The van der Waals surface area contributed by atoms with Gasteiger partial charge in [-0.15, -0.1) is 23.5 Å². The molecule has 0 aliphatic heterocycles. The number of anilines is 1. The Morgan fingerprint density at radius 3 is 1.56 bits per heavy atom. The van der Waals surface area contributed by atoms with Crippen molar-refractivity contribution in [2.75, 3.05) is 11.4 Å². The van der Waals surface area contributed by atoms with Gasteiger partial charge in [0.15, 0.2) is 0 Å². The predicted molar refractivity (Wildman–Crippen MR) is 138 cm³/mol. The van der Waals surface area contributed by atoms with Gasteiger partial charge < -0.3 is 4.90 Å². The van der Waals surface area contributed by atoms with Crippen LogP contribution in [0.4, 0.5) is 5.69 Å². The molecule has 0 aliphatic rings. The van der Waals surface area contributed by atoms with Crippen LogP contribution in [0.3, 0.4) is 0 Å². The number of hydrogen-bond acceptors (Lipinski definition) is 3. The van der Waals surface area contributed by atoms with Crippen molar-refractivity contribution in [2.24, 2.45) is 0 Å². The first-order valence-corrected chi connectivity index (χ1v) is 12.4. The second kappa shape index (κ2) is 11.6. The average molecular weight is 456 g/mol. The van der Waals surface area contributed by atoms with Crippen LogP contribution in [0, 0.1) is 0 Å². The summed E-state index contributed by atoms with van der Waals surface area (Å²) in [6, 6.07) is 40.4. The fraction of sp³-hybridized carbons (Fsp3) is 0.107. The lowest BCUT2D eigenvalue weighted by Crippen LogP contribution is -2.33. The minimum Gasteiger partial charge on any atom is -0.308 e. The molecule has 0 saturated carbocycles. The molecule has 4 aromatic carbocycles. The summed E-state index contributed by atoms with van der Waals surface area (Å²) >= 11 is 3.71. The number of carbonyl (C=O) groups is 1. The van der Waals surface area contributed by atoms with E-state index in [0.717, 1.165) is 12.1 Å². The van der Waals surface area contributed by atoms with E-state index in [1.54, 1.807) is 0 Å². The summed E-state index contributed by atoms with van der Waals surface area (Å²) in [4.78, 5) is 17.8. The van der Waals surface area contributed by atoms with Gasteiger partial charge in [-0.3, -0.25) is 4.79 Å². The van der Waals surface area contributed by atoms with Crippen LogP contribution in [-0.4, -0.2) is 17.0 Å². The second-order valence-corrected chi connectivity index (χ2v) is 10.1. The summed E-state index contributed by atoms with van der Waals surface area (Å²) < 4.78 is 0.273. The molecule has 0 spiro atoms. The van der Waals surface area contributed by atoms with Crippen LogP contribution < -0.4 is 4.90 Å². The maximum atomic E-state index is 13.4. The molecule has 0 aromatic heterocycles. The zero-order chi connectivity index (χ0) is 22.0. The lowest BCUT2D eigenvalue weighted by atomic mass is 10.1. The highest BCUT2D eigenvalue weighted by Crippen LogP contribution is 2.38. The summed E-state index contributed by atoms with van der Waals surface area (Å²) in [5, 5.41) is 0. The van der Waals surface area contributed by atoms with Crippen LogP contribution in [-0.2, 0) is 0 Å². The molecule has 0 bridgehead atoms. The molecule has 0 saturated heterocycles. The van der Waals surface area contributed by atoms with Crippen molar-refractivity contribution in [2.45, 2.75) is 20.8 Å². The standard InChI is InChI=1S/C28H25NOS2/c30-28(23-13-5-1-6-14-23)29(24-15-7-2-8-16-24)22-21-27(31-25-17-9-3-10-18-25)32-26-19-11-4-12-20-26/h1-20,27H,21-22H2. The normalized spacial score (nSPS) is 10.8. The van der Waals surface area contributed by atoms with Crippen molar-refractivity contribution in [3.05, 3.63) is 127 Å². The summed E-state index contributed by atoms with van der Waals surface area (Å²) in [6.07, 6.45) is 0.854. The summed E-state index contributed by atoms with van der Waals surface area (Å²) in [6.45, 7) is 0.641. The molecule has 0 aliphatic carbocycles. The fourth-order valence-corrected chi connectivity index (χ4v) is 5.91. The molecule has 160 valence electrons. The summed E-state index contributed by atoms with van der Waals surface area (Å²) in [5.74, 6) is 0.0324. The molecule has 1 amide bonds. The van der Waals surface area contributed by atoms with Gasteiger partial charge >= 0.3 is 0 Å². The third kappa shape index (κ3) is 6.28. The van der Waals surface area contributed by atoms with Crippen molar-refractivity contribution in [1.29, 1.82) is 0 Å². The maximum Gasteiger partial charge on any atom is 0.258 e. The molecule has 0 heterocycles. The van der Waals surface area contributed by atoms with Crippen LogP contribution in [0.1, 0.15) is 16.8 Å². The molecule has 0 fully saturated rings. The largest absolute Gasteiger partial charge is 0.308 e. The van der Waals surface area contributed by atoms with Gasteiger partial charge in [0.05, 0.1) is 4.58 Å². The Bertz CT molecular complexity index is 1050. The Morgan fingerprint density at radius 1 is 0.625 bits per heavy atom. The van der Waals surface area contributed by atoms with Crippen molar-refractivity contribution < 1.29 is 4.79 Å². The van der Waals surface area contributed by atoms with Gasteiger partial charge in [0.25, 0.3) is 5.91 Å². The summed E-state index contributed by atoms with van der Waals surface area (Å²) in [5.41, 5.74) is 1.63. The number of thioether (sulfide) groups is 2. The number of amides is 1. The maximum absolute atomic E-state index is 13.4. The Balaban J connectivity index is 1.55. The number of carbonyl (C=O) groups excluding carboxylic acids is 1. The molecule has 2 nitrogen and oxygen atoms in total. The average Bonchev–Trinajstić information content (AvgIpc) is 2.86. The molecular weight excluding hydrogens is 430 g/mol. The third-order valence-electron chi connectivity index (χ3n) is 4.94. The van der Waals surface area contributed by atoms with E-state index in [4.69, 9.17) is 0 Å². The molecule has 4 aromatic rings. The van der Waals surface area contributed by atoms with Crippen LogP contribution >= 0.6 is 23.5 Å². The highest BCUT2D eigenvalue weighted by Gasteiger charge is 2.20. The molecule has 4 rings (SSSR count). The number of rotatable bonds is 9. The molecule has 0 N–H and O–H groups in total. The van der Waals surface area contributed by atoms with Crippen molar-refractivity contribution in [3.63, 3.8) is 0 Å². The zero-order valence-electron chi connectivity index (χ0n) is 17.7. The van der Waals surface area contributed by atoms with Crippen LogP contribution in [0.25, 0.3) is 0 Å². The highest BCUT2D eigenvalue weighted by atomic mass is 32.2. The zero-order valence-corrected chi connectivity index (χ0v) is 19.3. The first kappa shape index (κ1) is 22.3. The van der Waals surface area contributed by atoms with Crippen molar-refractivity contribution in [3.8, 4) is 0 Å². The van der Waals surface area contributed by atoms with Gasteiger partial charge in [-0.25, -0.2) is 0 Å². The Morgan fingerprint density at radius 2 is 1.06 bits per heavy atom. The van der Waals surface area contributed by atoms with E-state index in [0.29, 0.717) is 12.1 Å². The van der Waals surface area contributed by atoms with Gasteiger partial charge in [0.1, 0.15) is 0 Å². The first-order valence-electron chi connectivity index (χ1n) is 10.6. The van der Waals surface area contributed by atoms with Crippen molar-refractivity contribution in [1.82, 2.24) is 0 Å². The van der Waals surface area contributed by atoms with E-state index < -0.39 is 0 Å². The van der Waals surface area contributed by atoms with Crippen LogP contribution in [0.15, 0.2) is 131 Å². The molecule has 0 atom stereocenters. The topological polar surface area (TPSA) is 20.3 Å². The Hall–Kier alpha value is -2.95. The van der Waals surface area contributed by atoms with Gasteiger partial charge in [-0.2, -0.15) is 0 Å². The summed E-state index contributed by atoms with van der Waals surface area (Å²) in [7, 11) is 0. The smallest absolute Gasteiger partial charge is 0.258 e. The number of nitrogens with zero attached hydrogens (tertiary/aromatic N) is 1. The quantitative estimate of drug-likeness (QED) is 0.191. The van der Waals surface area contributed by atoms with Gasteiger partial charge in [-0.05, 0) is 55.0 Å². The molecule has 0 unspecified atom stereocenters. The monoisotopic (exact) mass is 455 g/mol. The Kier molecular flexibility index (Phi) is 8.07. The fourth-order valence-electron chi connectivity index (χ4n) is 3.37. The van der Waals surface area contributed by atoms with Gasteiger partial charge in [0.2, 0.25) is 0 Å². The van der Waals surface area contributed by atoms with Crippen molar-refractivity contribution >= 4 is 35.1 Å². The first-order chi connectivity index (χ1) is 15.8. The predicted octanol–water partition coefficient (Wildman–Crippen LogP) is 7.63. The molecule has 0 radical (unpaired) electrons. The van der Waals surface area contributed by atoms with E-state index in [9.17, 15) is 4.79 Å². The lowest BCUT2D eigenvalue weighted by molar-refractivity contribution is 0.0987. The van der Waals surface area contributed by atoms with E-state index >= 15 is 0 Å². The number of hydrogen-bond donors (Lipinski definition) is 0. The van der Waals surface area contributed by atoms with Crippen LogP contribution in [0.2, 0.25) is 0 Å². The lowest BCUT2D eigenvalue weighted by Gasteiger charge is -2.25. The van der Waals surface area contributed by atoms with Crippen LogP contribution in [0.5, 0.6) is 0 Å².